The van der Waals surface area contributed by atoms with E-state index in [4.69, 9.17) is 10.1 Å². The van der Waals surface area contributed by atoms with Gasteiger partial charge in [-0.1, -0.05) is 12.1 Å². The van der Waals surface area contributed by atoms with E-state index < -0.39 is 11.7 Å². The summed E-state index contributed by atoms with van der Waals surface area (Å²) in [5, 5.41) is 20.6. The third-order valence-electron chi connectivity index (χ3n) is 4.16. The van der Waals surface area contributed by atoms with Gasteiger partial charge in [-0.3, -0.25) is 5.41 Å². The number of aliphatic hydroxyl groups is 1. The first-order valence-corrected chi connectivity index (χ1v) is 9.07. The first kappa shape index (κ1) is 19.4. The number of rotatable bonds is 6. The molecule has 0 bridgehead atoms. The summed E-state index contributed by atoms with van der Waals surface area (Å²) in [6.07, 6.45) is -3.71. The molecule has 144 valence electrons. The van der Waals surface area contributed by atoms with Crippen LogP contribution in [0.3, 0.4) is 0 Å². The molecule has 0 fully saturated rings. The van der Waals surface area contributed by atoms with Crippen molar-refractivity contribution in [3.05, 3.63) is 46.0 Å². The van der Waals surface area contributed by atoms with Crippen molar-refractivity contribution in [1.29, 1.82) is 5.41 Å². The summed E-state index contributed by atoms with van der Waals surface area (Å²) in [6, 6.07) is 4.95. The molecule has 0 amide bonds. The van der Waals surface area contributed by atoms with Crippen molar-refractivity contribution in [2.24, 2.45) is 0 Å². The molecule has 0 atom stereocenters. The van der Waals surface area contributed by atoms with E-state index in [0.717, 1.165) is 12.1 Å². The fourth-order valence-corrected chi connectivity index (χ4v) is 3.72. The molecule has 0 unspecified atom stereocenters. The van der Waals surface area contributed by atoms with Crippen LogP contribution in [-0.4, -0.2) is 47.6 Å². The van der Waals surface area contributed by atoms with Crippen molar-refractivity contribution < 1.29 is 23.0 Å². The number of hydrogen-bond acceptors (Lipinski definition) is 5. The summed E-state index contributed by atoms with van der Waals surface area (Å²) in [6.45, 7) is 1.33. The normalized spacial score (nSPS) is 15.1. The maximum atomic E-state index is 12.9. The number of halogens is 3. The molecule has 0 spiro atoms. The van der Waals surface area contributed by atoms with E-state index in [0.29, 0.717) is 41.4 Å². The van der Waals surface area contributed by atoms with Gasteiger partial charge in [0.15, 0.2) is 0 Å². The summed E-state index contributed by atoms with van der Waals surface area (Å²) >= 11 is 1.19. The molecule has 0 saturated carbocycles. The molecule has 0 aliphatic carbocycles. The number of hydrogen-bond donors (Lipinski definition) is 2. The van der Waals surface area contributed by atoms with Crippen LogP contribution in [0.25, 0.3) is 16.8 Å². The molecule has 2 aromatic rings. The Balaban J connectivity index is 1.82. The number of methoxy groups -OCH3 is 1. The summed E-state index contributed by atoms with van der Waals surface area (Å²) in [7, 11) is 1.60. The monoisotopic (exact) mass is 397 g/mol. The third-order valence-corrected chi connectivity index (χ3v) is 5.02. The van der Waals surface area contributed by atoms with Gasteiger partial charge in [0.2, 0.25) is 0 Å². The lowest BCUT2D eigenvalue weighted by Gasteiger charge is -2.17. The number of aromatic nitrogens is 1. The molecular formula is C18H18F3N3O2S. The van der Waals surface area contributed by atoms with Crippen molar-refractivity contribution in [2.75, 3.05) is 26.8 Å². The number of thiazole rings is 1. The zero-order valence-electron chi connectivity index (χ0n) is 14.5. The largest absolute Gasteiger partial charge is 0.510 e. The standard InChI is InChI=1S/C18H18F3N3O2S/c1-26-7-3-6-24-9-14(25)15(16(24)22)17-23-13(10-27-17)11-4-2-5-12(8-11)18(19,20)21/h2,4-5,8,10,22,25H,3,6-7,9H2,1H3. The minimum absolute atomic E-state index is 0.0439. The minimum Gasteiger partial charge on any atom is -0.510 e. The first-order valence-electron chi connectivity index (χ1n) is 8.19. The molecule has 1 aromatic carbocycles. The number of nitrogens with one attached hydrogen (secondary N) is 1. The summed E-state index contributed by atoms with van der Waals surface area (Å²) in [5.74, 6) is 0.205. The van der Waals surface area contributed by atoms with Gasteiger partial charge < -0.3 is 14.7 Å². The zero-order valence-corrected chi connectivity index (χ0v) is 15.3. The number of benzene rings is 1. The van der Waals surface area contributed by atoms with Crippen molar-refractivity contribution in [3.8, 4) is 11.3 Å². The van der Waals surface area contributed by atoms with Gasteiger partial charge in [0.1, 0.15) is 16.6 Å². The van der Waals surface area contributed by atoms with E-state index in [1.165, 1.54) is 17.4 Å². The molecule has 5 nitrogen and oxygen atoms in total. The van der Waals surface area contributed by atoms with Crippen LogP contribution in [0.1, 0.15) is 17.0 Å². The van der Waals surface area contributed by atoms with Gasteiger partial charge in [-0.25, -0.2) is 4.98 Å². The van der Waals surface area contributed by atoms with E-state index >= 15 is 0 Å². The lowest BCUT2D eigenvalue weighted by atomic mass is 10.1. The van der Waals surface area contributed by atoms with Gasteiger partial charge in [-0.05, 0) is 18.6 Å². The molecule has 27 heavy (non-hydrogen) atoms. The van der Waals surface area contributed by atoms with Gasteiger partial charge >= 0.3 is 6.18 Å². The number of amidine groups is 1. The Morgan fingerprint density at radius 3 is 2.85 bits per heavy atom. The van der Waals surface area contributed by atoms with Crippen LogP contribution in [0, 0.1) is 5.41 Å². The molecule has 1 aliphatic heterocycles. The second kappa shape index (κ2) is 7.69. The maximum Gasteiger partial charge on any atom is 0.416 e. The summed E-state index contributed by atoms with van der Waals surface area (Å²) < 4.78 is 43.7. The Labute approximate surface area is 158 Å². The second-order valence-corrected chi connectivity index (χ2v) is 6.91. The summed E-state index contributed by atoms with van der Waals surface area (Å²) in [5.41, 5.74) is 0.311. The molecule has 9 heteroatoms. The average Bonchev–Trinajstić information content (AvgIpc) is 3.19. The van der Waals surface area contributed by atoms with Crippen LogP contribution >= 0.6 is 11.3 Å². The van der Waals surface area contributed by atoms with Crippen LogP contribution in [0.15, 0.2) is 35.4 Å². The van der Waals surface area contributed by atoms with Gasteiger partial charge in [0.05, 0.1) is 23.4 Å². The summed E-state index contributed by atoms with van der Waals surface area (Å²) in [4.78, 5) is 6.08. The van der Waals surface area contributed by atoms with Crippen LogP contribution in [0.4, 0.5) is 13.2 Å². The fraction of sp³-hybridized carbons (Fsp3) is 0.333. The molecule has 3 rings (SSSR count). The van der Waals surface area contributed by atoms with E-state index in [1.807, 2.05) is 0 Å². The smallest absolute Gasteiger partial charge is 0.416 e. The van der Waals surface area contributed by atoms with Crippen LogP contribution in [-0.2, 0) is 10.9 Å². The number of alkyl halides is 3. The number of ether oxygens (including phenoxy) is 1. The predicted molar refractivity (Wildman–Crippen MR) is 97.9 cm³/mol. The number of nitrogens with zero attached hydrogens (tertiary/aromatic N) is 2. The van der Waals surface area contributed by atoms with E-state index in [9.17, 15) is 18.3 Å². The maximum absolute atomic E-state index is 12.9. The van der Waals surface area contributed by atoms with Gasteiger partial charge in [0.25, 0.3) is 0 Å². The highest BCUT2D eigenvalue weighted by Crippen LogP contribution is 2.35. The highest BCUT2D eigenvalue weighted by molar-refractivity contribution is 7.11. The van der Waals surface area contributed by atoms with Gasteiger partial charge in [-0.2, -0.15) is 13.2 Å². The Morgan fingerprint density at radius 1 is 1.37 bits per heavy atom. The van der Waals surface area contributed by atoms with Crippen LogP contribution in [0.2, 0.25) is 0 Å². The molecule has 2 N–H and O–H groups in total. The molecule has 2 heterocycles. The van der Waals surface area contributed by atoms with Crippen molar-refractivity contribution in [2.45, 2.75) is 12.6 Å². The molecule has 1 aromatic heterocycles. The molecule has 1 aliphatic rings. The SMILES string of the molecule is COCCCN1CC(O)=C(c2nc(-c3cccc(C(F)(F)F)c3)cs2)C1=N. The van der Waals surface area contributed by atoms with Crippen molar-refractivity contribution in [1.82, 2.24) is 9.88 Å². The average molecular weight is 397 g/mol. The minimum atomic E-state index is -4.42. The van der Waals surface area contributed by atoms with E-state index in [1.54, 1.807) is 23.5 Å². The topological polar surface area (TPSA) is 69.4 Å². The van der Waals surface area contributed by atoms with E-state index in [-0.39, 0.29) is 18.1 Å². The lowest BCUT2D eigenvalue weighted by molar-refractivity contribution is -0.137. The Hall–Kier alpha value is -2.39. The fourth-order valence-electron chi connectivity index (χ4n) is 2.83. The van der Waals surface area contributed by atoms with Gasteiger partial charge in [0, 0.05) is 31.2 Å². The zero-order chi connectivity index (χ0) is 19.6. The highest BCUT2D eigenvalue weighted by atomic mass is 32.1. The second-order valence-electron chi connectivity index (χ2n) is 6.05. The van der Waals surface area contributed by atoms with Crippen LogP contribution < -0.4 is 0 Å². The van der Waals surface area contributed by atoms with Crippen molar-refractivity contribution in [3.63, 3.8) is 0 Å². The third kappa shape index (κ3) is 4.14. The Kier molecular flexibility index (Phi) is 5.52. The molecule has 0 saturated heterocycles. The van der Waals surface area contributed by atoms with Crippen LogP contribution in [0.5, 0.6) is 0 Å². The first-order chi connectivity index (χ1) is 12.8. The molecular weight excluding hydrogens is 379 g/mol. The highest BCUT2D eigenvalue weighted by Gasteiger charge is 2.32. The Morgan fingerprint density at radius 2 is 2.15 bits per heavy atom. The molecule has 0 radical (unpaired) electrons. The van der Waals surface area contributed by atoms with Crippen molar-refractivity contribution >= 4 is 22.7 Å². The quantitative estimate of drug-likeness (QED) is 0.708. The van der Waals surface area contributed by atoms with E-state index in [2.05, 4.69) is 4.98 Å². The lowest BCUT2D eigenvalue weighted by Crippen LogP contribution is -2.28. The van der Waals surface area contributed by atoms with Gasteiger partial charge in [-0.15, -0.1) is 11.3 Å². The predicted octanol–water partition coefficient (Wildman–Crippen LogP) is 4.43. The number of aliphatic hydroxyl groups excluding tert-OH is 1. The Bertz CT molecular complexity index is 877.